The Morgan fingerprint density at radius 3 is 2.67 bits per heavy atom. The molecule has 1 aliphatic heterocycles. The number of aliphatic hydroxyl groups is 1. The van der Waals surface area contributed by atoms with E-state index >= 15 is 0 Å². The van der Waals surface area contributed by atoms with Gasteiger partial charge in [0.05, 0.1) is 18.1 Å². The Bertz CT molecular complexity index is 541. The Kier molecular flexibility index (Phi) is 6.62. The number of halogens is 3. The molecule has 1 aliphatic rings. The molecule has 1 saturated heterocycles. The number of rotatable bonds is 6. The average molecular weight is 344 g/mol. The van der Waals surface area contributed by atoms with Crippen molar-refractivity contribution in [1.29, 1.82) is 0 Å². The monoisotopic (exact) mass is 344 g/mol. The number of nitrogens with one attached hydrogen (secondary N) is 1. The Hall–Kier alpha value is -1.60. The average Bonchev–Trinajstić information content (AvgIpc) is 2.53. The number of carbonyl (C=O) groups is 1. The smallest absolute Gasteiger partial charge is 0.393 e. The van der Waals surface area contributed by atoms with Gasteiger partial charge in [-0.3, -0.25) is 4.79 Å². The lowest BCUT2D eigenvalue weighted by molar-refractivity contribution is -0.137. The van der Waals surface area contributed by atoms with Gasteiger partial charge in [-0.15, -0.1) is 0 Å². The van der Waals surface area contributed by atoms with Crippen LogP contribution in [0.5, 0.6) is 0 Å². The SMILES string of the molecule is O=C(Cc1cccc(C(F)(F)F)c1)NCCCN1CCC(O)CC1. The minimum absolute atomic E-state index is 0.0557. The summed E-state index contributed by atoms with van der Waals surface area (Å²) in [5, 5.41) is 12.2. The molecule has 4 nitrogen and oxygen atoms in total. The van der Waals surface area contributed by atoms with Gasteiger partial charge in [0.15, 0.2) is 0 Å². The number of alkyl halides is 3. The molecule has 2 N–H and O–H groups in total. The number of aliphatic hydroxyl groups excluding tert-OH is 1. The molecule has 0 unspecified atom stereocenters. The molecule has 0 saturated carbocycles. The van der Waals surface area contributed by atoms with Gasteiger partial charge in [-0.25, -0.2) is 0 Å². The molecule has 1 heterocycles. The van der Waals surface area contributed by atoms with Gasteiger partial charge in [0, 0.05) is 19.6 Å². The van der Waals surface area contributed by atoms with Crippen LogP contribution in [0.2, 0.25) is 0 Å². The standard InChI is InChI=1S/C17H23F3N2O2/c18-17(19,20)14-4-1-3-13(11-14)12-16(24)21-7-2-8-22-9-5-15(23)6-10-22/h1,3-4,11,15,23H,2,5-10,12H2,(H,21,24). The summed E-state index contributed by atoms with van der Waals surface area (Å²) < 4.78 is 37.9. The molecular formula is C17H23F3N2O2. The van der Waals surface area contributed by atoms with E-state index in [2.05, 4.69) is 10.2 Å². The normalized spacial score (nSPS) is 17.0. The zero-order valence-electron chi connectivity index (χ0n) is 13.5. The lowest BCUT2D eigenvalue weighted by Gasteiger charge is -2.29. The van der Waals surface area contributed by atoms with E-state index in [9.17, 15) is 23.1 Å². The van der Waals surface area contributed by atoms with Crippen LogP contribution in [0.4, 0.5) is 13.2 Å². The highest BCUT2D eigenvalue weighted by molar-refractivity contribution is 5.78. The van der Waals surface area contributed by atoms with Crippen LogP contribution in [-0.2, 0) is 17.4 Å². The Balaban J connectivity index is 1.68. The summed E-state index contributed by atoms with van der Waals surface area (Å²) in [6.45, 7) is 3.06. The molecule has 0 atom stereocenters. The van der Waals surface area contributed by atoms with Crippen molar-refractivity contribution in [2.24, 2.45) is 0 Å². The molecule has 1 fully saturated rings. The molecule has 0 radical (unpaired) electrons. The summed E-state index contributed by atoms with van der Waals surface area (Å²) in [6.07, 6.45) is -2.31. The molecule has 0 aromatic heterocycles. The Morgan fingerprint density at radius 1 is 1.29 bits per heavy atom. The maximum Gasteiger partial charge on any atom is 0.416 e. The number of benzene rings is 1. The van der Waals surface area contributed by atoms with E-state index in [4.69, 9.17) is 0 Å². The first kappa shape index (κ1) is 18.7. The van der Waals surface area contributed by atoms with Gasteiger partial charge in [-0.05, 0) is 37.4 Å². The van der Waals surface area contributed by atoms with E-state index in [1.165, 1.54) is 12.1 Å². The third-order valence-corrected chi connectivity index (χ3v) is 4.15. The van der Waals surface area contributed by atoms with Crippen molar-refractivity contribution in [2.75, 3.05) is 26.2 Å². The second kappa shape index (κ2) is 8.48. The van der Waals surface area contributed by atoms with Crippen LogP contribution in [-0.4, -0.2) is 48.2 Å². The van der Waals surface area contributed by atoms with E-state index in [0.29, 0.717) is 12.1 Å². The van der Waals surface area contributed by atoms with Crippen molar-refractivity contribution in [1.82, 2.24) is 10.2 Å². The van der Waals surface area contributed by atoms with E-state index < -0.39 is 11.7 Å². The fourth-order valence-corrected chi connectivity index (χ4v) is 2.78. The van der Waals surface area contributed by atoms with Crippen molar-refractivity contribution in [3.63, 3.8) is 0 Å². The molecule has 2 rings (SSSR count). The number of hydrogen-bond acceptors (Lipinski definition) is 3. The number of amides is 1. The fourth-order valence-electron chi connectivity index (χ4n) is 2.78. The summed E-state index contributed by atoms with van der Waals surface area (Å²) in [4.78, 5) is 14.1. The van der Waals surface area contributed by atoms with Gasteiger partial charge in [0.25, 0.3) is 0 Å². The van der Waals surface area contributed by atoms with Crippen molar-refractivity contribution in [3.05, 3.63) is 35.4 Å². The molecular weight excluding hydrogens is 321 g/mol. The molecule has 1 aromatic rings. The molecule has 24 heavy (non-hydrogen) atoms. The van der Waals surface area contributed by atoms with Crippen LogP contribution in [0.15, 0.2) is 24.3 Å². The van der Waals surface area contributed by atoms with Crippen LogP contribution in [0, 0.1) is 0 Å². The van der Waals surface area contributed by atoms with Crippen LogP contribution < -0.4 is 5.32 Å². The lowest BCUT2D eigenvalue weighted by Crippen LogP contribution is -2.37. The zero-order valence-corrected chi connectivity index (χ0v) is 13.5. The van der Waals surface area contributed by atoms with E-state index in [-0.39, 0.29) is 18.4 Å². The topological polar surface area (TPSA) is 52.6 Å². The molecule has 0 spiro atoms. The van der Waals surface area contributed by atoms with Gasteiger partial charge in [-0.2, -0.15) is 13.2 Å². The maximum absolute atomic E-state index is 12.6. The number of likely N-dealkylation sites (tertiary alicyclic amines) is 1. The minimum atomic E-state index is -4.39. The van der Waals surface area contributed by atoms with E-state index in [1.807, 2.05) is 0 Å². The quantitative estimate of drug-likeness (QED) is 0.778. The van der Waals surface area contributed by atoms with Crippen molar-refractivity contribution in [2.45, 2.75) is 38.0 Å². The van der Waals surface area contributed by atoms with E-state index in [0.717, 1.165) is 51.0 Å². The predicted molar refractivity (Wildman–Crippen MR) is 84.5 cm³/mol. The van der Waals surface area contributed by atoms with Gasteiger partial charge in [0.1, 0.15) is 0 Å². The van der Waals surface area contributed by atoms with Crippen molar-refractivity contribution in [3.8, 4) is 0 Å². The third kappa shape index (κ3) is 6.13. The molecule has 1 aromatic carbocycles. The third-order valence-electron chi connectivity index (χ3n) is 4.15. The molecule has 1 amide bonds. The summed E-state index contributed by atoms with van der Waals surface area (Å²) in [6, 6.07) is 4.85. The van der Waals surface area contributed by atoms with Crippen LogP contribution in [0.25, 0.3) is 0 Å². The summed E-state index contributed by atoms with van der Waals surface area (Å²) in [5.41, 5.74) is -0.382. The van der Waals surface area contributed by atoms with Crippen LogP contribution >= 0.6 is 0 Å². The number of carbonyl (C=O) groups excluding carboxylic acids is 1. The van der Waals surface area contributed by atoms with Crippen LogP contribution in [0.1, 0.15) is 30.4 Å². The molecule has 134 valence electrons. The van der Waals surface area contributed by atoms with Crippen molar-refractivity contribution < 1.29 is 23.1 Å². The highest BCUT2D eigenvalue weighted by Gasteiger charge is 2.30. The number of nitrogens with zero attached hydrogens (tertiary/aromatic N) is 1. The van der Waals surface area contributed by atoms with Gasteiger partial charge < -0.3 is 15.3 Å². The largest absolute Gasteiger partial charge is 0.416 e. The molecule has 0 bridgehead atoms. The first-order valence-corrected chi connectivity index (χ1v) is 8.18. The highest BCUT2D eigenvalue weighted by Crippen LogP contribution is 2.29. The zero-order chi connectivity index (χ0) is 17.6. The van der Waals surface area contributed by atoms with Gasteiger partial charge in [0.2, 0.25) is 5.91 Å². The second-order valence-corrected chi connectivity index (χ2v) is 6.15. The first-order chi connectivity index (χ1) is 11.3. The van der Waals surface area contributed by atoms with Crippen molar-refractivity contribution >= 4 is 5.91 Å². The van der Waals surface area contributed by atoms with E-state index in [1.54, 1.807) is 0 Å². The van der Waals surface area contributed by atoms with Gasteiger partial charge in [-0.1, -0.05) is 18.2 Å². The lowest BCUT2D eigenvalue weighted by atomic mass is 10.1. The van der Waals surface area contributed by atoms with Gasteiger partial charge >= 0.3 is 6.18 Å². The first-order valence-electron chi connectivity index (χ1n) is 8.18. The molecule has 7 heteroatoms. The Labute approximate surface area is 139 Å². The highest BCUT2D eigenvalue weighted by atomic mass is 19.4. The summed E-state index contributed by atoms with van der Waals surface area (Å²) in [5.74, 6) is -0.275. The number of hydrogen-bond donors (Lipinski definition) is 2. The molecule has 0 aliphatic carbocycles. The summed E-state index contributed by atoms with van der Waals surface area (Å²) in [7, 11) is 0. The predicted octanol–water partition coefficient (Wildman–Crippen LogP) is 2.21. The maximum atomic E-state index is 12.6. The Morgan fingerprint density at radius 2 is 2.00 bits per heavy atom. The summed E-state index contributed by atoms with van der Waals surface area (Å²) >= 11 is 0. The fraction of sp³-hybridized carbons (Fsp3) is 0.588. The van der Waals surface area contributed by atoms with Crippen LogP contribution in [0.3, 0.4) is 0 Å². The minimum Gasteiger partial charge on any atom is -0.393 e. The number of piperidine rings is 1. The second-order valence-electron chi connectivity index (χ2n) is 6.15.